The molecular formula is C54H56F12O8P2S2. The van der Waals surface area contributed by atoms with E-state index < -0.39 is 27.6 Å². The number of carbonyl (C=O) groups is 2. The zero-order chi connectivity index (χ0) is 58.4. The molecule has 0 N–H and O–H groups in total. The minimum Gasteiger partial charge on any atom is -0.482 e. The van der Waals surface area contributed by atoms with Crippen LogP contribution in [-0.2, 0) is 31.6 Å². The van der Waals surface area contributed by atoms with Crippen LogP contribution in [0, 0.1) is 0 Å². The van der Waals surface area contributed by atoms with Crippen LogP contribution in [-0.4, -0.2) is 38.4 Å². The van der Waals surface area contributed by atoms with Crippen molar-refractivity contribution >= 4 is 88.8 Å². The summed E-state index contributed by atoms with van der Waals surface area (Å²) in [4.78, 5) is 48.3. The van der Waals surface area contributed by atoms with Crippen LogP contribution in [0.15, 0.2) is 155 Å². The molecule has 2 atom stereocenters. The van der Waals surface area contributed by atoms with E-state index in [0.29, 0.717) is 36.2 Å². The second kappa shape index (κ2) is 24.8. The summed E-state index contributed by atoms with van der Waals surface area (Å²) >= 11 is 0. The number of unbranched alkanes of at least 4 members (excludes halogenated alkanes) is 1. The number of benzene rings is 6. The first-order valence-electron chi connectivity index (χ1n) is 23.5. The molecule has 0 aliphatic carbocycles. The van der Waals surface area contributed by atoms with Crippen molar-refractivity contribution in [1.29, 1.82) is 0 Å². The number of rotatable bonds is 13. The monoisotopic (exact) mass is 1190 g/mol. The Bertz CT molecular complexity index is 3220. The number of carbonyl (C=O) groups excluding carboxylic acids is 2. The van der Waals surface area contributed by atoms with Crippen LogP contribution in [0.1, 0.15) is 63.5 Å². The third-order valence-electron chi connectivity index (χ3n) is 10.7. The van der Waals surface area contributed by atoms with Gasteiger partial charge in [0.15, 0.2) is 32.0 Å². The fourth-order valence-corrected chi connectivity index (χ4v) is 10.6. The number of ether oxygens (including phenoxy) is 4. The van der Waals surface area contributed by atoms with Gasteiger partial charge >= 0.3 is 77.9 Å². The second-order valence-corrected chi connectivity index (χ2v) is 25.4. The average Bonchev–Trinajstić information content (AvgIpc) is 3.35. The molecule has 0 bridgehead atoms. The maximum absolute atomic E-state index is 12.6. The molecule has 0 saturated heterocycles. The summed E-state index contributed by atoms with van der Waals surface area (Å²) < 4.78 is 144. The Morgan fingerprint density at radius 1 is 0.423 bits per heavy atom. The van der Waals surface area contributed by atoms with Gasteiger partial charge in [-0.25, -0.2) is 9.59 Å². The standard InChI is InChI=1S/C20H22O6.2C17H17OS.2F6P/c21-19(15-25-17-9-3-1-4-10-17)23-13-7-8-14-24-20(22)16-26-18-11-5-2-6-12-18;2*1-11(2)12-8-9-16-14(10-12)17(18)13-6-4-5-7-15(13)19(16)3;2*1-7(2,3,4,5)6/h1-6,9-12H,7-8,13-16H2;2*4-11H,1-3H3;;/q;2*+1;2*-1. The molecule has 426 valence electrons. The minimum atomic E-state index is -10.7. The summed E-state index contributed by atoms with van der Waals surface area (Å²) in [5.74, 6) is 1.29. The van der Waals surface area contributed by atoms with E-state index in [0.717, 1.165) is 21.5 Å². The molecule has 0 aliphatic rings. The number of hydrogen-bond donors (Lipinski definition) is 0. The van der Waals surface area contributed by atoms with Crippen molar-refractivity contribution in [2.75, 3.05) is 26.4 Å². The van der Waals surface area contributed by atoms with Gasteiger partial charge in [-0.2, -0.15) is 0 Å². The SMILES string of the molecule is CC(C)c1ccc2c(c1)c(=O)c1ccccc1[s+]2C.CC(C)c1ccc2c(c1)c(=O)c1ccccc1[s+]2C.F[P-](F)(F)(F)(F)F.F[P-](F)(F)(F)(F)F.O=C(COc1ccccc1)OCCCCOC(=O)COc1ccccc1. The van der Waals surface area contributed by atoms with Crippen molar-refractivity contribution in [3.8, 4) is 11.5 Å². The maximum atomic E-state index is 12.6. The first-order valence-corrected chi connectivity index (χ1v) is 30.8. The van der Waals surface area contributed by atoms with Crippen molar-refractivity contribution < 1.29 is 78.9 Å². The predicted molar refractivity (Wildman–Crippen MR) is 293 cm³/mol. The minimum absolute atomic E-state index is 0.00310. The van der Waals surface area contributed by atoms with Crippen molar-refractivity contribution in [1.82, 2.24) is 0 Å². The third kappa shape index (κ3) is 24.1. The Labute approximate surface area is 445 Å². The number of hydrogen-bond acceptors (Lipinski definition) is 8. The van der Waals surface area contributed by atoms with E-state index in [2.05, 4.69) is 88.7 Å². The van der Waals surface area contributed by atoms with E-state index in [-0.39, 0.29) is 58.2 Å². The van der Waals surface area contributed by atoms with Crippen LogP contribution >= 0.6 is 36.6 Å². The van der Waals surface area contributed by atoms with E-state index in [4.69, 9.17) is 18.9 Å². The number of halogens is 12. The maximum Gasteiger partial charge on any atom is 0.344 e. The Morgan fingerprint density at radius 3 is 1.01 bits per heavy atom. The van der Waals surface area contributed by atoms with Crippen LogP contribution in [0.5, 0.6) is 11.5 Å². The fourth-order valence-electron chi connectivity index (χ4n) is 7.05. The number of esters is 2. The molecule has 0 saturated carbocycles. The molecule has 8 rings (SSSR count). The van der Waals surface area contributed by atoms with E-state index in [1.54, 1.807) is 24.3 Å². The first-order chi connectivity index (χ1) is 35.8. The summed E-state index contributed by atoms with van der Waals surface area (Å²) in [5, 5.41) is 3.55. The summed E-state index contributed by atoms with van der Waals surface area (Å²) in [6.07, 6.45) is 5.62. The molecule has 6 aromatic carbocycles. The van der Waals surface area contributed by atoms with Gasteiger partial charge in [-0.15, -0.1) is 0 Å². The molecule has 2 unspecified atom stereocenters. The summed E-state index contributed by atoms with van der Waals surface area (Å²) in [6.45, 7) is 8.91. The van der Waals surface area contributed by atoms with Gasteiger partial charge in [-0.3, -0.25) is 9.59 Å². The Balaban J connectivity index is 0.000000227. The largest absolute Gasteiger partial charge is 0.482 e. The Hall–Kier alpha value is -6.34. The predicted octanol–water partition coefficient (Wildman–Crippen LogP) is 19.3. The van der Waals surface area contributed by atoms with Gasteiger partial charge in [0.1, 0.15) is 24.0 Å². The molecule has 0 aliphatic heterocycles. The van der Waals surface area contributed by atoms with E-state index >= 15 is 0 Å². The van der Waals surface area contributed by atoms with Crippen molar-refractivity contribution in [2.24, 2.45) is 12.5 Å². The molecule has 24 heteroatoms. The van der Waals surface area contributed by atoms with Gasteiger partial charge in [0, 0.05) is 0 Å². The quantitative estimate of drug-likeness (QED) is 0.0281. The van der Waals surface area contributed by atoms with E-state index in [1.165, 1.54) is 29.9 Å². The van der Waals surface area contributed by atoms with Gasteiger partial charge in [0.25, 0.3) is 0 Å². The molecule has 0 fully saturated rings. The molecule has 0 amide bonds. The molecule has 0 radical (unpaired) electrons. The van der Waals surface area contributed by atoms with Gasteiger partial charge < -0.3 is 18.9 Å². The summed E-state index contributed by atoms with van der Waals surface area (Å²) in [7, 11) is -21.3. The molecule has 8 nitrogen and oxygen atoms in total. The third-order valence-corrected chi connectivity index (χ3v) is 14.7. The van der Waals surface area contributed by atoms with Crippen LogP contribution < -0.4 is 20.3 Å². The molecule has 8 aromatic rings. The zero-order valence-electron chi connectivity index (χ0n) is 42.8. The van der Waals surface area contributed by atoms with Crippen LogP contribution in [0.4, 0.5) is 50.4 Å². The summed E-state index contributed by atoms with van der Waals surface area (Å²) in [5.41, 5.74) is 2.84. The fraction of sp³-hybridized carbons (Fsp3) is 0.259. The zero-order valence-corrected chi connectivity index (χ0v) is 46.2. The normalized spacial score (nSPS) is 13.6. The van der Waals surface area contributed by atoms with E-state index in [9.17, 15) is 69.5 Å². The number of fused-ring (bicyclic) bond motifs is 4. The Kier molecular flexibility index (Phi) is 20.4. The van der Waals surface area contributed by atoms with Gasteiger partial charge in [-0.05, 0) is 130 Å². The molecule has 2 heterocycles. The Morgan fingerprint density at radius 2 is 0.705 bits per heavy atom. The van der Waals surface area contributed by atoms with Crippen molar-refractivity contribution in [3.05, 3.63) is 177 Å². The van der Waals surface area contributed by atoms with E-state index in [1.807, 2.05) is 72.8 Å². The summed E-state index contributed by atoms with van der Waals surface area (Å²) in [6, 6.07) is 46.9. The van der Waals surface area contributed by atoms with Crippen molar-refractivity contribution in [2.45, 2.75) is 52.4 Å². The van der Waals surface area contributed by atoms with Crippen molar-refractivity contribution in [3.63, 3.8) is 0 Å². The van der Waals surface area contributed by atoms with Gasteiger partial charge in [0.05, 0.1) is 34.8 Å². The molecule has 0 spiro atoms. The molecule has 2 aromatic heterocycles. The van der Waals surface area contributed by atoms with Crippen LogP contribution in [0.2, 0.25) is 0 Å². The number of para-hydroxylation sites is 2. The second-order valence-electron chi connectivity index (χ2n) is 17.8. The topological polar surface area (TPSA) is 105 Å². The molecular weight excluding hydrogens is 1130 g/mol. The van der Waals surface area contributed by atoms with Crippen LogP contribution in [0.25, 0.3) is 40.3 Å². The first kappa shape index (κ1) is 64.2. The van der Waals surface area contributed by atoms with Gasteiger partial charge in [0.2, 0.25) is 10.9 Å². The average molecular weight is 1190 g/mol. The smallest absolute Gasteiger partial charge is 0.344 e. The van der Waals surface area contributed by atoms with Crippen LogP contribution in [0.3, 0.4) is 0 Å². The molecule has 78 heavy (non-hydrogen) atoms. The number of aryl methyl sites for hydroxylation is 2. The van der Waals surface area contributed by atoms with Gasteiger partial charge in [-0.1, -0.05) is 100 Å².